The Morgan fingerprint density at radius 1 is 1.00 bits per heavy atom. The Kier molecular flexibility index (Phi) is 5.26. The molecule has 1 atom stereocenters. The average Bonchev–Trinajstić information content (AvgIpc) is 3.18. The van der Waals surface area contributed by atoms with Gasteiger partial charge in [0, 0.05) is 50.4 Å². The number of likely N-dealkylation sites (tertiary alicyclic amines) is 2. The highest BCUT2D eigenvalue weighted by Crippen LogP contribution is 2.26. The monoisotopic (exact) mass is 429 g/mol. The summed E-state index contributed by atoms with van der Waals surface area (Å²) >= 11 is 0. The van der Waals surface area contributed by atoms with Crippen LogP contribution in [-0.4, -0.2) is 63.2 Å². The maximum absolute atomic E-state index is 12.8. The summed E-state index contributed by atoms with van der Waals surface area (Å²) in [6, 6.07) is 14.9. The molecule has 0 aliphatic carbocycles. The maximum atomic E-state index is 12.8. The molecule has 8 heteroatoms. The second-order valence-electron chi connectivity index (χ2n) is 8.27. The largest absolute Gasteiger partial charge is 0.352 e. The number of aromatic nitrogens is 2. The van der Waals surface area contributed by atoms with Gasteiger partial charge in [0.2, 0.25) is 11.8 Å². The van der Waals surface area contributed by atoms with Crippen LogP contribution in [0.5, 0.6) is 0 Å². The minimum atomic E-state index is -0.365. The van der Waals surface area contributed by atoms with E-state index in [0.29, 0.717) is 31.9 Å². The number of nitrogens with zero attached hydrogens (tertiary/aromatic N) is 4. The van der Waals surface area contributed by atoms with Crippen LogP contribution < -0.4 is 5.32 Å². The summed E-state index contributed by atoms with van der Waals surface area (Å²) in [6.07, 6.45) is 3.57. The van der Waals surface area contributed by atoms with Crippen molar-refractivity contribution in [3.05, 3.63) is 72.2 Å². The van der Waals surface area contributed by atoms with E-state index < -0.39 is 0 Å². The van der Waals surface area contributed by atoms with Crippen molar-refractivity contribution in [1.82, 2.24) is 25.1 Å². The number of amides is 3. The molecular weight excluding hydrogens is 406 g/mol. The molecule has 2 saturated heterocycles. The number of fused-ring (bicyclic) bond motifs is 1. The number of hydrogen-bond donors (Lipinski definition) is 1. The zero-order chi connectivity index (χ0) is 22.1. The molecule has 3 aromatic rings. The summed E-state index contributed by atoms with van der Waals surface area (Å²) < 4.78 is 0. The quantitative estimate of drug-likeness (QED) is 0.665. The summed E-state index contributed by atoms with van der Waals surface area (Å²) in [5.74, 6) is -0.651. The van der Waals surface area contributed by atoms with Crippen LogP contribution in [-0.2, 0) is 16.1 Å². The molecule has 0 spiro atoms. The van der Waals surface area contributed by atoms with E-state index in [4.69, 9.17) is 0 Å². The first kappa shape index (κ1) is 20.1. The van der Waals surface area contributed by atoms with Crippen molar-refractivity contribution in [1.29, 1.82) is 0 Å². The van der Waals surface area contributed by atoms with Gasteiger partial charge < -0.3 is 15.1 Å². The Morgan fingerprint density at radius 3 is 2.59 bits per heavy atom. The highest BCUT2D eigenvalue weighted by Gasteiger charge is 2.43. The zero-order valence-electron chi connectivity index (χ0n) is 17.5. The van der Waals surface area contributed by atoms with Gasteiger partial charge in [-0.2, -0.15) is 0 Å². The molecule has 8 nitrogen and oxygen atoms in total. The minimum absolute atomic E-state index is 0.0324. The number of pyridine rings is 2. The normalized spacial score (nSPS) is 18.6. The first-order valence-electron chi connectivity index (χ1n) is 10.7. The van der Waals surface area contributed by atoms with E-state index in [1.807, 2.05) is 42.5 Å². The van der Waals surface area contributed by atoms with Crippen molar-refractivity contribution in [3.8, 4) is 0 Å². The lowest BCUT2D eigenvalue weighted by Crippen LogP contribution is -2.61. The van der Waals surface area contributed by atoms with Gasteiger partial charge in [0.1, 0.15) is 5.69 Å². The smallest absolute Gasteiger partial charge is 0.272 e. The highest BCUT2D eigenvalue weighted by atomic mass is 16.2. The molecule has 32 heavy (non-hydrogen) atoms. The molecule has 3 amide bonds. The summed E-state index contributed by atoms with van der Waals surface area (Å²) in [5, 5.41) is 3.89. The van der Waals surface area contributed by atoms with Gasteiger partial charge in [-0.15, -0.1) is 0 Å². The third-order valence-electron chi connectivity index (χ3n) is 6.15. The van der Waals surface area contributed by atoms with Gasteiger partial charge in [0.25, 0.3) is 5.91 Å². The summed E-state index contributed by atoms with van der Waals surface area (Å²) in [7, 11) is 0. The Bertz CT molecular complexity index is 1180. The number of carbonyl (C=O) groups is 3. The predicted octanol–water partition coefficient (Wildman–Crippen LogP) is 1.62. The lowest BCUT2D eigenvalue weighted by atomic mass is 10.1. The van der Waals surface area contributed by atoms with Crippen LogP contribution in [0, 0.1) is 5.92 Å². The third kappa shape index (κ3) is 3.91. The van der Waals surface area contributed by atoms with E-state index in [2.05, 4.69) is 15.3 Å². The van der Waals surface area contributed by atoms with E-state index in [-0.39, 0.29) is 36.1 Å². The van der Waals surface area contributed by atoms with E-state index >= 15 is 0 Å². The van der Waals surface area contributed by atoms with E-state index in [0.717, 1.165) is 16.5 Å². The number of para-hydroxylation sites is 1. The van der Waals surface area contributed by atoms with Gasteiger partial charge in [0.05, 0.1) is 17.5 Å². The molecule has 2 aromatic heterocycles. The third-order valence-corrected chi connectivity index (χ3v) is 6.15. The number of hydrogen-bond acceptors (Lipinski definition) is 5. The van der Waals surface area contributed by atoms with Crippen molar-refractivity contribution < 1.29 is 14.4 Å². The molecular formula is C24H23N5O3. The van der Waals surface area contributed by atoms with E-state index in [1.54, 1.807) is 28.3 Å². The lowest BCUT2D eigenvalue weighted by molar-refractivity contribution is -0.132. The van der Waals surface area contributed by atoms with Gasteiger partial charge in [-0.25, -0.2) is 4.98 Å². The summed E-state index contributed by atoms with van der Waals surface area (Å²) in [6.45, 7) is 1.73. The second kappa shape index (κ2) is 8.37. The lowest BCUT2D eigenvalue weighted by Gasteiger charge is -2.43. The van der Waals surface area contributed by atoms with Gasteiger partial charge >= 0.3 is 0 Å². The molecule has 0 saturated carbocycles. The first-order chi connectivity index (χ1) is 15.6. The molecule has 2 fully saturated rings. The van der Waals surface area contributed by atoms with Gasteiger partial charge in [-0.05, 0) is 29.8 Å². The fourth-order valence-electron chi connectivity index (χ4n) is 4.26. The van der Waals surface area contributed by atoms with E-state index in [1.165, 1.54) is 0 Å². The van der Waals surface area contributed by atoms with Crippen LogP contribution in [0.15, 0.2) is 60.9 Å². The Balaban J connectivity index is 1.15. The zero-order valence-corrected chi connectivity index (χ0v) is 17.5. The van der Waals surface area contributed by atoms with Crippen LogP contribution in [0.1, 0.15) is 22.5 Å². The molecule has 2 aliphatic heterocycles. The molecule has 1 unspecified atom stereocenters. The van der Waals surface area contributed by atoms with Crippen LogP contribution in [0.3, 0.4) is 0 Å². The van der Waals surface area contributed by atoms with Gasteiger partial charge in [0.15, 0.2) is 0 Å². The average molecular weight is 429 g/mol. The van der Waals surface area contributed by atoms with Crippen molar-refractivity contribution >= 4 is 28.6 Å². The molecule has 0 radical (unpaired) electrons. The van der Waals surface area contributed by atoms with Crippen molar-refractivity contribution in [3.63, 3.8) is 0 Å². The van der Waals surface area contributed by atoms with Crippen molar-refractivity contribution in [2.24, 2.45) is 5.92 Å². The van der Waals surface area contributed by atoms with Gasteiger partial charge in [-0.1, -0.05) is 24.3 Å². The second-order valence-corrected chi connectivity index (χ2v) is 8.27. The van der Waals surface area contributed by atoms with Crippen molar-refractivity contribution in [2.45, 2.75) is 19.0 Å². The van der Waals surface area contributed by atoms with Crippen LogP contribution in [0.4, 0.5) is 0 Å². The molecule has 1 N–H and O–H groups in total. The summed E-state index contributed by atoms with van der Waals surface area (Å²) in [4.78, 5) is 49.7. The minimum Gasteiger partial charge on any atom is -0.352 e. The Hall–Kier alpha value is -3.81. The molecule has 4 heterocycles. The molecule has 162 valence electrons. The number of nitrogens with one attached hydrogen (secondary N) is 1. The number of carbonyl (C=O) groups excluding carboxylic acids is 3. The maximum Gasteiger partial charge on any atom is 0.272 e. The number of benzene rings is 1. The predicted molar refractivity (Wildman–Crippen MR) is 117 cm³/mol. The molecule has 2 aliphatic rings. The Morgan fingerprint density at radius 2 is 1.78 bits per heavy atom. The fraction of sp³-hybridized carbons (Fsp3) is 0.292. The standard InChI is InChI=1S/C24H23N5O3/c30-22-11-18(23(31)26-12-16-7-9-25-10-8-16)13-29(22)19-14-28(15-19)24(32)21-6-5-17-3-1-2-4-20(17)27-21/h1-10,18-19H,11-15H2,(H,26,31). The van der Waals surface area contributed by atoms with E-state index in [9.17, 15) is 14.4 Å². The number of rotatable bonds is 5. The summed E-state index contributed by atoms with van der Waals surface area (Å²) in [5.41, 5.74) is 2.15. The van der Waals surface area contributed by atoms with Crippen LogP contribution in [0.25, 0.3) is 10.9 Å². The molecule has 1 aromatic carbocycles. The van der Waals surface area contributed by atoms with Crippen LogP contribution in [0.2, 0.25) is 0 Å². The fourth-order valence-corrected chi connectivity index (χ4v) is 4.26. The SMILES string of the molecule is O=C(NCc1ccncc1)C1CC(=O)N(C2CN(C(=O)c3ccc4ccccc4n3)C2)C1. The highest BCUT2D eigenvalue weighted by molar-refractivity contribution is 5.96. The van der Waals surface area contributed by atoms with Gasteiger partial charge in [-0.3, -0.25) is 19.4 Å². The van der Waals surface area contributed by atoms with Crippen molar-refractivity contribution in [2.75, 3.05) is 19.6 Å². The van der Waals surface area contributed by atoms with Crippen LogP contribution >= 0.6 is 0 Å². The Labute approximate surface area is 185 Å². The topological polar surface area (TPSA) is 95.5 Å². The molecule has 0 bridgehead atoms. The first-order valence-corrected chi connectivity index (χ1v) is 10.7. The molecule has 5 rings (SSSR count).